The maximum atomic E-state index is 10.8. The first kappa shape index (κ1) is 14.5. The Morgan fingerprint density at radius 2 is 2.11 bits per heavy atom. The van der Waals surface area contributed by atoms with Crippen molar-refractivity contribution in [2.45, 2.75) is 13.5 Å². The summed E-state index contributed by atoms with van der Waals surface area (Å²) in [6, 6.07) is 8.30. The summed E-state index contributed by atoms with van der Waals surface area (Å²) in [6.07, 6.45) is 0. The molecule has 0 aromatic heterocycles. The lowest BCUT2D eigenvalue weighted by Gasteiger charge is -2.07. The van der Waals surface area contributed by atoms with E-state index >= 15 is 0 Å². The molecule has 1 amide bonds. The number of nitrogens with zero attached hydrogens (tertiary/aromatic N) is 3. The zero-order chi connectivity index (χ0) is 14.3. The van der Waals surface area contributed by atoms with Gasteiger partial charge in [-0.05, 0) is 17.7 Å². The number of carbonyl (C=O) groups is 1. The highest BCUT2D eigenvalue weighted by Crippen LogP contribution is 2.23. The van der Waals surface area contributed by atoms with Gasteiger partial charge < -0.3 is 5.32 Å². The molecule has 6 nitrogen and oxygen atoms in total. The minimum absolute atomic E-state index is 0.129. The number of halogens is 1. The maximum absolute atomic E-state index is 10.8. The Morgan fingerprint density at radius 1 is 1.42 bits per heavy atom. The van der Waals surface area contributed by atoms with Crippen molar-refractivity contribution in [1.82, 2.24) is 5.32 Å². The molecule has 0 aliphatic rings. The fourth-order valence-electron chi connectivity index (χ4n) is 1.18. The lowest BCUT2D eigenvalue weighted by molar-refractivity contribution is -0.119. The van der Waals surface area contributed by atoms with Gasteiger partial charge in [0.25, 0.3) is 0 Å². The van der Waals surface area contributed by atoms with Gasteiger partial charge in [0, 0.05) is 13.5 Å². The first-order chi connectivity index (χ1) is 9.06. The molecular weight excluding hydrogens is 266 g/mol. The summed E-state index contributed by atoms with van der Waals surface area (Å²) in [6.45, 7) is 1.80. The predicted octanol–water partition coefficient (Wildman–Crippen LogP) is 1.79. The van der Waals surface area contributed by atoms with Crippen LogP contribution in [0, 0.1) is 22.7 Å². The van der Waals surface area contributed by atoms with Gasteiger partial charge in [0.2, 0.25) is 11.6 Å². The van der Waals surface area contributed by atoms with E-state index in [1.54, 1.807) is 30.3 Å². The van der Waals surface area contributed by atoms with Crippen LogP contribution in [-0.2, 0) is 11.3 Å². The molecule has 0 aliphatic heterocycles. The average Bonchev–Trinajstić information content (AvgIpc) is 2.39. The van der Waals surface area contributed by atoms with Gasteiger partial charge in [0.05, 0.1) is 10.7 Å². The molecule has 1 rings (SSSR count). The van der Waals surface area contributed by atoms with E-state index in [1.807, 2.05) is 0 Å². The standard InChI is InChI=1S/C12H10ClN5O/c1-8(19)16-7-9-2-3-12(11(13)4-9)18-17-10(5-14)6-15/h2-4,18H,7H2,1H3,(H,16,19). The molecule has 2 N–H and O–H groups in total. The van der Waals surface area contributed by atoms with Crippen LogP contribution in [0.3, 0.4) is 0 Å². The van der Waals surface area contributed by atoms with Gasteiger partial charge in [-0.2, -0.15) is 15.6 Å². The Morgan fingerprint density at radius 3 is 2.63 bits per heavy atom. The van der Waals surface area contributed by atoms with Crippen molar-refractivity contribution in [2.24, 2.45) is 5.10 Å². The van der Waals surface area contributed by atoms with Crippen LogP contribution in [0.2, 0.25) is 5.02 Å². The van der Waals surface area contributed by atoms with E-state index in [1.165, 1.54) is 6.92 Å². The highest BCUT2D eigenvalue weighted by molar-refractivity contribution is 6.33. The predicted molar refractivity (Wildman–Crippen MR) is 71.3 cm³/mol. The Labute approximate surface area is 115 Å². The van der Waals surface area contributed by atoms with Crippen LogP contribution in [-0.4, -0.2) is 11.6 Å². The Kier molecular flexibility index (Phi) is 5.34. The molecule has 0 aliphatic carbocycles. The molecule has 7 heteroatoms. The topological polar surface area (TPSA) is 101 Å². The van der Waals surface area contributed by atoms with Crippen molar-refractivity contribution >= 4 is 28.9 Å². The van der Waals surface area contributed by atoms with E-state index in [9.17, 15) is 4.79 Å². The molecule has 0 atom stereocenters. The van der Waals surface area contributed by atoms with Crippen molar-refractivity contribution in [2.75, 3.05) is 5.43 Å². The number of nitriles is 2. The number of amides is 1. The van der Waals surface area contributed by atoms with Crippen molar-refractivity contribution in [3.8, 4) is 12.1 Å². The van der Waals surface area contributed by atoms with E-state index in [0.717, 1.165) is 5.56 Å². The van der Waals surface area contributed by atoms with Gasteiger partial charge in [-0.15, -0.1) is 0 Å². The Hall–Kier alpha value is -2.57. The number of carbonyl (C=O) groups excluding carboxylic acids is 1. The minimum Gasteiger partial charge on any atom is -0.352 e. The lowest BCUT2D eigenvalue weighted by Crippen LogP contribution is -2.18. The molecule has 96 valence electrons. The van der Waals surface area contributed by atoms with Gasteiger partial charge in [-0.25, -0.2) is 0 Å². The first-order valence-corrected chi connectivity index (χ1v) is 5.61. The van der Waals surface area contributed by atoms with Crippen LogP contribution in [0.25, 0.3) is 0 Å². The van der Waals surface area contributed by atoms with Crippen molar-refractivity contribution in [3.05, 3.63) is 28.8 Å². The molecule has 0 spiro atoms. The lowest BCUT2D eigenvalue weighted by atomic mass is 10.2. The van der Waals surface area contributed by atoms with E-state index < -0.39 is 0 Å². The van der Waals surface area contributed by atoms with Gasteiger partial charge in [-0.1, -0.05) is 17.7 Å². The van der Waals surface area contributed by atoms with E-state index in [4.69, 9.17) is 22.1 Å². The molecule has 1 aromatic rings. The van der Waals surface area contributed by atoms with Crippen LogP contribution in [0.5, 0.6) is 0 Å². The largest absolute Gasteiger partial charge is 0.352 e. The average molecular weight is 276 g/mol. The number of hydrogen-bond acceptors (Lipinski definition) is 5. The van der Waals surface area contributed by atoms with Gasteiger partial charge in [-0.3, -0.25) is 10.2 Å². The number of benzene rings is 1. The molecule has 0 unspecified atom stereocenters. The molecular formula is C12H10ClN5O. The third-order valence-corrected chi connectivity index (χ3v) is 2.39. The summed E-state index contributed by atoms with van der Waals surface area (Å²) in [4.78, 5) is 10.8. The zero-order valence-electron chi connectivity index (χ0n) is 10.1. The number of hydrazone groups is 1. The molecule has 19 heavy (non-hydrogen) atoms. The fraction of sp³-hybridized carbons (Fsp3) is 0.167. The van der Waals surface area contributed by atoms with Crippen LogP contribution in [0.1, 0.15) is 12.5 Å². The molecule has 0 heterocycles. The van der Waals surface area contributed by atoms with Crippen LogP contribution in [0.4, 0.5) is 5.69 Å². The summed E-state index contributed by atoms with van der Waals surface area (Å²) in [7, 11) is 0. The summed E-state index contributed by atoms with van der Waals surface area (Å²) < 4.78 is 0. The third kappa shape index (κ3) is 4.66. The first-order valence-electron chi connectivity index (χ1n) is 5.23. The highest BCUT2D eigenvalue weighted by Gasteiger charge is 2.02. The van der Waals surface area contributed by atoms with Gasteiger partial charge >= 0.3 is 0 Å². The molecule has 0 bridgehead atoms. The van der Waals surface area contributed by atoms with Gasteiger partial charge in [0.1, 0.15) is 12.1 Å². The SMILES string of the molecule is CC(=O)NCc1ccc(NN=C(C#N)C#N)c(Cl)c1. The minimum atomic E-state index is -0.293. The van der Waals surface area contributed by atoms with E-state index in [0.29, 0.717) is 17.3 Å². The summed E-state index contributed by atoms with van der Waals surface area (Å²) >= 11 is 6.00. The fourth-order valence-corrected chi connectivity index (χ4v) is 1.42. The second kappa shape index (κ2) is 7.00. The smallest absolute Gasteiger partial charge is 0.237 e. The van der Waals surface area contributed by atoms with E-state index in [-0.39, 0.29) is 11.6 Å². The number of hydrogen-bond donors (Lipinski definition) is 2. The quantitative estimate of drug-likeness (QED) is 0.646. The Balaban J connectivity index is 2.79. The van der Waals surface area contributed by atoms with Crippen LogP contribution >= 0.6 is 11.6 Å². The van der Waals surface area contributed by atoms with Crippen molar-refractivity contribution in [1.29, 1.82) is 10.5 Å². The maximum Gasteiger partial charge on any atom is 0.237 e. The van der Waals surface area contributed by atoms with Gasteiger partial charge in [0.15, 0.2) is 0 Å². The second-order valence-corrected chi connectivity index (χ2v) is 3.93. The highest BCUT2D eigenvalue weighted by atomic mass is 35.5. The summed E-state index contributed by atoms with van der Waals surface area (Å²) in [5, 5.41) is 23.7. The molecule has 0 radical (unpaired) electrons. The number of anilines is 1. The van der Waals surface area contributed by atoms with E-state index in [2.05, 4.69) is 15.8 Å². The molecule has 0 fully saturated rings. The monoisotopic (exact) mass is 275 g/mol. The number of rotatable bonds is 4. The Bertz CT molecular complexity index is 581. The molecule has 1 aromatic carbocycles. The zero-order valence-corrected chi connectivity index (χ0v) is 10.8. The third-order valence-electron chi connectivity index (χ3n) is 2.07. The van der Waals surface area contributed by atoms with Crippen LogP contribution < -0.4 is 10.7 Å². The molecule has 0 saturated carbocycles. The summed E-state index contributed by atoms with van der Waals surface area (Å²) in [5.41, 5.74) is 3.54. The number of nitrogens with one attached hydrogen (secondary N) is 2. The van der Waals surface area contributed by atoms with Crippen LogP contribution in [0.15, 0.2) is 23.3 Å². The summed E-state index contributed by atoms with van der Waals surface area (Å²) in [5.74, 6) is -0.129. The normalized spacial score (nSPS) is 8.84. The van der Waals surface area contributed by atoms with Crippen molar-refractivity contribution < 1.29 is 4.79 Å². The molecule has 0 saturated heterocycles. The second-order valence-electron chi connectivity index (χ2n) is 3.52. The van der Waals surface area contributed by atoms with Crippen molar-refractivity contribution in [3.63, 3.8) is 0 Å².